The SMILES string of the molecule is COc1cc2c(NC(CO)COC=O)c3c(nc2cc1OCCCN1CCCC1)CCC3. The molecular formula is C24H33N3O5. The Labute approximate surface area is 188 Å². The van der Waals surface area contributed by atoms with Crippen LogP contribution in [0, 0.1) is 0 Å². The lowest BCUT2D eigenvalue weighted by atomic mass is 10.0. The number of aliphatic hydroxyl groups is 1. The van der Waals surface area contributed by atoms with Crippen LogP contribution in [0.4, 0.5) is 5.69 Å². The summed E-state index contributed by atoms with van der Waals surface area (Å²) in [5.74, 6) is 1.35. The highest BCUT2D eigenvalue weighted by Gasteiger charge is 2.23. The van der Waals surface area contributed by atoms with Gasteiger partial charge in [-0.25, -0.2) is 0 Å². The fourth-order valence-electron chi connectivity index (χ4n) is 4.68. The van der Waals surface area contributed by atoms with E-state index in [-0.39, 0.29) is 13.2 Å². The number of rotatable bonds is 12. The number of nitrogens with zero attached hydrogens (tertiary/aromatic N) is 2. The molecule has 2 N–H and O–H groups in total. The van der Waals surface area contributed by atoms with E-state index in [9.17, 15) is 9.90 Å². The first-order chi connectivity index (χ1) is 15.7. The molecule has 4 rings (SSSR count). The van der Waals surface area contributed by atoms with Crippen molar-refractivity contribution in [2.45, 2.75) is 44.6 Å². The summed E-state index contributed by atoms with van der Waals surface area (Å²) in [7, 11) is 1.64. The minimum atomic E-state index is -0.400. The van der Waals surface area contributed by atoms with Crippen LogP contribution >= 0.6 is 0 Å². The Hall–Kier alpha value is -2.58. The van der Waals surface area contributed by atoms with Gasteiger partial charge in [0.15, 0.2) is 11.5 Å². The van der Waals surface area contributed by atoms with Gasteiger partial charge in [-0.15, -0.1) is 0 Å². The molecule has 8 heteroatoms. The third kappa shape index (κ3) is 5.07. The summed E-state index contributed by atoms with van der Waals surface area (Å²) in [6.45, 7) is 4.41. The van der Waals surface area contributed by atoms with Crippen molar-refractivity contribution in [1.29, 1.82) is 0 Å². The Bertz CT molecular complexity index is 930. The van der Waals surface area contributed by atoms with Gasteiger partial charge in [0, 0.05) is 29.4 Å². The second-order valence-corrected chi connectivity index (χ2v) is 8.49. The third-order valence-electron chi connectivity index (χ3n) is 6.31. The van der Waals surface area contributed by atoms with E-state index in [0.29, 0.717) is 24.6 Å². The van der Waals surface area contributed by atoms with Gasteiger partial charge in [0.2, 0.25) is 0 Å². The number of benzene rings is 1. The lowest BCUT2D eigenvalue weighted by Crippen LogP contribution is -2.29. The molecule has 1 aliphatic heterocycles. The van der Waals surface area contributed by atoms with Gasteiger partial charge in [0.25, 0.3) is 6.47 Å². The fraction of sp³-hybridized carbons (Fsp3) is 0.583. The van der Waals surface area contributed by atoms with Gasteiger partial charge in [-0.1, -0.05) is 0 Å². The van der Waals surface area contributed by atoms with Crippen molar-refractivity contribution in [2.75, 3.05) is 51.9 Å². The smallest absolute Gasteiger partial charge is 0.293 e. The topological polar surface area (TPSA) is 93.1 Å². The van der Waals surface area contributed by atoms with E-state index >= 15 is 0 Å². The Morgan fingerprint density at radius 2 is 2.06 bits per heavy atom. The second-order valence-electron chi connectivity index (χ2n) is 8.49. The molecule has 1 unspecified atom stereocenters. The van der Waals surface area contributed by atoms with Gasteiger partial charge < -0.3 is 29.5 Å². The summed E-state index contributed by atoms with van der Waals surface area (Å²) in [5, 5.41) is 14.1. The number of carbonyl (C=O) groups excluding carboxylic acids is 1. The van der Waals surface area contributed by atoms with Crippen molar-refractivity contribution < 1.29 is 24.1 Å². The van der Waals surface area contributed by atoms with Crippen molar-refractivity contribution in [3.8, 4) is 11.5 Å². The number of hydrogen-bond acceptors (Lipinski definition) is 8. The van der Waals surface area contributed by atoms with Gasteiger partial charge in [0.1, 0.15) is 6.61 Å². The van der Waals surface area contributed by atoms with Crippen LogP contribution in [0.5, 0.6) is 11.5 Å². The molecule has 0 saturated carbocycles. The van der Waals surface area contributed by atoms with Crippen molar-refractivity contribution in [2.24, 2.45) is 0 Å². The fourth-order valence-corrected chi connectivity index (χ4v) is 4.68. The molecule has 1 atom stereocenters. The average Bonchev–Trinajstić information content (AvgIpc) is 3.50. The van der Waals surface area contributed by atoms with E-state index in [1.807, 2.05) is 12.1 Å². The third-order valence-corrected chi connectivity index (χ3v) is 6.31. The maximum absolute atomic E-state index is 10.6. The van der Waals surface area contributed by atoms with Crippen LogP contribution in [0.2, 0.25) is 0 Å². The Morgan fingerprint density at radius 3 is 2.81 bits per heavy atom. The molecule has 1 aliphatic carbocycles. The molecule has 0 radical (unpaired) electrons. The van der Waals surface area contributed by atoms with Crippen LogP contribution in [-0.4, -0.2) is 74.1 Å². The van der Waals surface area contributed by atoms with Crippen molar-refractivity contribution in [3.63, 3.8) is 0 Å². The molecule has 1 aromatic heterocycles. The quantitative estimate of drug-likeness (QED) is 0.382. The normalized spacial score (nSPS) is 16.7. The average molecular weight is 444 g/mol. The van der Waals surface area contributed by atoms with Gasteiger partial charge in [0.05, 0.1) is 31.9 Å². The number of pyridine rings is 1. The number of aromatic nitrogens is 1. The zero-order valence-electron chi connectivity index (χ0n) is 18.8. The number of nitrogens with one attached hydrogen (secondary N) is 1. The number of aryl methyl sites for hydroxylation is 1. The zero-order valence-corrected chi connectivity index (χ0v) is 18.8. The molecule has 2 aromatic rings. The van der Waals surface area contributed by atoms with E-state index in [4.69, 9.17) is 19.2 Å². The van der Waals surface area contributed by atoms with Gasteiger partial charge in [-0.2, -0.15) is 0 Å². The molecule has 2 aliphatic rings. The summed E-state index contributed by atoms with van der Waals surface area (Å²) in [5.41, 5.74) is 3.98. The first-order valence-corrected chi connectivity index (χ1v) is 11.5. The van der Waals surface area contributed by atoms with E-state index in [2.05, 4.69) is 10.2 Å². The maximum Gasteiger partial charge on any atom is 0.293 e. The van der Waals surface area contributed by atoms with Crippen molar-refractivity contribution in [1.82, 2.24) is 9.88 Å². The first kappa shape index (κ1) is 22.6. The molecule has 1 saturated heterocycles. The molecule has 174 valence electrons. The summed E-state index contributed by atoms with van der Waals surface area (Å²) in [4.78, 5) is 18.0. The van der Waals surface area contributed by atoms with Crippen LogP contribution in [0.15, 0.2) is 12.1 Å². The Morgan fingerprint density at radius 1 is 1.22 bits per heavy atom. The largest absolute Gasteiger partial charge is 0.493 e. The van der Waals surface area contributed by atoms with Crippen LogP contribution in [0.1, 0.15) is 36.9 Å². The molecule has 32 heavy (non-hydrogen) atoms. The number of likely N-dealkylation sites (tertiary alicyclic amines) is 1. The molecule has 0 spiro atoms. The highest BCUT2D eigenvalue weighted by Crippen LogP contribution is 2.40. The lowest BCUT2D eigenvalue weighted by molar-refractivity contribution is -0.129. The number of methoxy groups -OCH3 is 1. The van der Waals surface area contributed by atoms with Gasteiger partial charge in [-0.05, 0) is 63.2 Å². The van der Waals surface area contributed by atoms with Crippen molar-refractivity contribution >= 4 is 23.1 Å². The molecule has 1 fully saturated rings. The summed E-state index contributed by atoms with van der Waals surface area (Å²) >= 11 is 0. The minimum absolute atomic E-state index is 0.0912. The highest BCUT2D eigenvalue weighted by atomic mass is 16.5. The van der Waals surface area contributed by atoms with E-state index in [1.165, 1.54) is 25.9 Å². The van der Waals surface area contributed by atoms with Crippen LogP contribution in [-0.2, 0) is 22.4 Å². The molecule has 8 nitrogen and oxygen atoms in total. The number of ether oxygens (including phenoxy) is 3. The number of anilines is 1. The summed E-state index contributed by atoms with van der Waals surface area (Å²) < 4.78 is 16.6. The molecule has 0 bridgehead atoms. The molecule has 0 amide bonds. The number of fused-ring (bicyclic) bond motifs is 2. The van der Waals surface area contributed by atoms with Crippen LogP contribution < -0.4 is 14.8 Å². The molecule has 2 heterocycles. The number of carbonyl (C=O) groups is 1. The predicted molar refractivity (Wildman–Crippen MR) is 123 cm³/mol. The maximum atomic E-state index is 10.6. The first-order valence-electron chi connectivity index (χ1n) is 11.5. The van der Waals surface area contributed by atoms with E-state index in [0.717, 1.165) is 60.1 Å². The summed E-state index contributed by atoms with van der Waals surface area (Å²) in [6.07, 6.45) is 6.45. The predicted octanol–water partition coefficient (Wildman–Crippen LogP) is 2.54. The van der Waals surface area contributed by atoms with Gasteiger partial charge >= 0.3 is 0 Å². The lowest BCUT2D eigenvalue weighted by Gasteiger charge is -2.21. The number of aliphatic hydroxyl groups excluding tert-OH is 1. The van der Waals surface area contributed by atoms with Crippen molar-refractivity contribution in [3.05, 3.63) is 23.4 Å². The Balaban J connectivity index is 1.58. The zero-order chi connectivity index (χ0) is 22.3. The van der Waals surface area contributed by atoms with Crippen LogP contribution in [0.25, 0.3) is 10.9 Å². The van der Waals surface area contributed by atoms with E-state index in [1.54, 1.807) is 7.11 Å². The number of hydrogen-bond donors (Lipinski definition) is 2. The highest BCUT2D eigenvalue weighted by molar-refractivity contribution is 5.96. The van der Waals surface area contributed by atoms with E-state index < -0.39 is 6.04 Å². The minimum Gasteiger partial charge on any atom is -0.493 e. The van der Waals surface area contributed by atoms with Crippen LogP contribution in [0.3, 0.4) is 0 Å². The Kier molecular flexibility index (Phi) is 7.65. The second kappa shape index (κ2) is 10.8. The monoisotopic (exact) mass is 443 g/mol. The molecular weight excluding hydrogens is 410 g/mol. The molecule has 1 aromatic carbocycles. The van der Waals surface area contributed by atoms with Gasteiger partial charge in [-0.3, -0.25) is 9.78 Å². The standard InChI is InChI=1S/C24H33N3O5/c1-30-22-12-19-21(13-23(22)32-11-5-10-27-8-2-3-9-27)26-20-7-4-6-18(20)24(19)25-17(14-28)15-31-16-29/h12-13,16-17,28H,2-11,14-15H2,1H3,(H,25,26). The summed E-state index contributed by atoms with van der Waals surface area (Å²) in [6, 6.07) is 3.50.